The zero-order valence-electron chi connectivity index (χ0n) is 8.82. The van der Waals surface area contributed by atoms with Crippen LogP contribution in [0.5, 0.6) is 0 Å². The first-order valence-corrected chi connectivity index (χ1v) is 5.11. The third kappa shape index (κ3) is 2.87. The molecule has 1 aromatic carbocycles. The maximum absolute atomic E-state index is 12.0. The van der Waals surface area contributed by atoms with Crippen LogP contribution in [0.1, 0.15) is 17.2 Å². The summed E-state index contributed by atoms with van der Waals surface area (Å²) in [6.45, 7) is -1.36. The van der Waals surface area contributed by atoms with E-state index in [0.29, 0.717) is 5.56 Å². The molecule has 0 saturated heterocycles. The van der Waals surface area contributed by atoms with Gasteiger partial charge in [-0.3, -0.25) is 0 Å². The fourth-order valence-corrected chi connectivity index (χ4v) is 1.75. The number of rotatable bonds is 2. The molecule has 1 N–H and O–H groups in total. The molecule has 1 aromatic rings. The standard InChI is InChI=1S/C12H11F3O2/c13-12(14,15)7-17-10-6-5-8-3-1-2-4-9(8)11(10)16/h1-6,10-11,16H,7H2/t10-,11-/m0/s1. The number of fused-ring (bicyclic) bond motifs is 1. The predicted molar refractivity (Wildman–Crippen MR) is 56.2 cm³/mol. The van der Waals surface area contributed by atoms with E-state index >= 15 is 0 Å². The van der Waals surface area contributed by atoms with Gasteiger partial charge in [-0.1, -0.05) is 36.4 Å². The molecule has 0 heterocycles. The Morgan fingerprint density at radius 2 is 1.94 bits per heavy atom. The number of benzene rings is 1. The number of ether oxygens (including phenoxy) is 1. The SMILES string of the molecule is O[C@H]1c2ccccc2C=C[C@@H]1OCC(F)(F)F. The van der Waals surface area contributed by atoms with E-state index in [1.54, 1.807) is 30.3 Å². The topological polar surface area (TPSA) is 29.5 Å². The van der Waals surface area contributed by atoms with E-state index < -0.39 is 25.0 Å². The van der Waals surface area contributed by atoms with Crippen molar-refractivity contribution in [3.05, 3.63) is 41.5 Å². The first kappa shape index (κ1) is 12.1. The van der Waals surface area contributed by atoms with Crippen molar-refractivity contribution in [2.24, 2.45) is 0 Å². The Morgan fingerprint density at radius 3 is 2.65 bits per heavy atom. The highest BCUT2D eigenvalue weighted by atomic mass is 19.4. The zero-order valence-corrected chi connectivity index (χ0v) is 8.82. The second kappa shape index (κ2) is 4.50. The molecule has 0 amide bonds. The van der Waals surface area contributed by atoms with Gasteiger partial charge in [-0.2, -0.15) is 13.2 Å². The fourth-order valence-electron chi connectivity index (χ4n) is 1.75. The maximum Gasteiger partial charge on any atom is 0.411 e. The van der Waals surface area contributed by atoms with E-state index in [1.807, 2.05) is 0 Å². The highest BCUT2D eigenvalue weighted by Gasteiger charge is 2.32. The smallest absolute Gasteiger partial charge is 0.385 e. The van der Waals surface area contributed by atoms with E-state index in [1.165, 1.54) is 6.08 Å². The predicted octanol–water partition coefficient (Wildman–Crippen LogP) is 2.69. The summed E-state index contributed by atoms with van der Waals surface area (Å²) in [5.74, 6) is 0. The second-order valence-electron chi connectivity index (χ2n) is 3.82. The van der Waals surface area contributed by atoms with Crippen molar-refractivity contribution >= 4 is 6.08 Å². The molecular weight excluding hydrogens is 233 g/mol. The number of hydrogen-bond acceptors (Lipinski definition) is 2. The minimum absolute atomic E-state index is 0.585. The van der Waals surface area contributed by atoms with Crippen LogP contribution in [0.2, 0.25) is 0 Å². The third-order valence-electron chi connectivity index (χ3n) is 2.53. The number of aliphatic hydroxyl groups is 1. The minimum atomic E-state index is -4.38. The summed E-state index contributed by atoms with van der Waals surface area (Å²) in [6.07, 6.45) is -3.29. The maximum atomic E-state index is 12.0. The van der Waals surface area contributed by atoms with Crippen molar-refractivity contribution in [2.75, 3.05) is 6.61 Å². The van der Waals surface area contributed by atoms with E-state index in [0.717, 1.165) is 5.56 Å². The molecule has 0 fully saturated rings. The van der Waals surface area contributed by atoms with E-state index in [-0.39, 0.29) is 0 Å². The Bertz CT molecular complexity index is 426. The molecule has 0 aromatic heterocycles. The van der Waals surface area contributed by atoms with Gasteiger partial charge in [-0.15, -0.1) is 0 Å². The lowest BCUT2D eigenvalue weighted by molar-refractivity contribution is -0.189. The summed E-state index contributed by atoms with van der Waals surface area (Å²) in [4.78, 5) is 0. The molecule has 1 aliphatic rings. The summed E-state index contributed by atoms with van der Waals surface area (Å²) >= 11 is 0. The van der Waals surface area contributed by atoms with Gasteiger partial charge in [0.2, 0.25) is 0 Å². The number of alkyl halides is 3. The van der Waals surface area contributed by atoms with Crippen molar-refractivity contribution in [3.63, 3.8) is 0 Å². The zero-order chi connectivity index (χ0) is 12.5. The average molecular weight is 244 g/mol. The quantitative estimate of drug-likeness (QED) is 0.866. The van der Waals surface area contributed by atoms with Crippen LogP contribution < -0.4 is 0 Å². The Labute approximate surface area is 96.3 Å². The van der Waals surface area contributed by atoms with Crippen molar-refractivity contribution in [1.82, 2.24) is 0 Å². The molecule has 0 spiro atoms. The minimum Gasteiger partial charge on any atom is -0.385 e. The molecular formula is C12H11F3O2. The van der Waals surface area contributed by atoms with Gasteiger partial charge in [0.1, 0.15) is 18.8 Å². The molecule has 92 valence electrons. The molecule has 2 rings (SSSR count). The molecule has 0 bridgehead atoms. The van der Waals surface area contributed by atoms with E-state index in [9.17, 15) is 18.3 Å². The van der Waals surface area contributed by atoms with Gasteiger partial charge in [0.15, 0.2) is 0 Å². The van der Waals surface area contributed by atoms with Gasteiger partial charge in [-0.25, -0.2) is 0 Å². The first-order valence-electron chi connectivity index (χ1n) is 5.11. The average Bonchev–Trinajstić information content (AvgIpc) is 2.27. The fraction of sp³-hybridized carbons (Fsp3) is 0.333. The highest BCUT2D eigenvalue weighted by molar-refractivity contribution is 5.58. The number of halogens is 3. The van der Waals surface area contributed by atoms with Gasteiger partial charge < -0.3 is 9.84 Å². The summed E-state index contributed by atoms with van der Waals surface area (Å²) < 4.78 is 40.7. The molecule has 0 saturated carbocycles. The van der Waals surface area contributed by atoms with Crippen LogP contribution in [0.4, 0.5) is 13.2 Å². The van der Waals surface area contributed by atoms with Crippen LogP contribution >= 0.6 is 0 Å². The first-order chi connectivity index (χ1) is 7.97. The van der Waals surface area contributed by atoms with Crippen molar-refractivity contribution < 1.29 is 23.0 Å². The van der Waals surface area contributed by atoms with Crippen LogP contribution in [-0.4, -0.2) is 24.0 Å². The third-order valence-corrected chi connectivity index (χ3v) is 2.53. The molecule has 0 unspecified atom stereocenters. The van der Waals surface area contributed by atoms with Gasteiger partial charge >= 0.3 is 6.18 Å². The molecule has 0 radical (unpaired) electrons. The largest absolute Gasteiger partial charge is 0.411 e. The highest BCUT2D eigenvalue weighted by Crippen LogP contribution is 2.30. The molecule has 17 heavy (non-hydrogen) atoms. The summed E-state index contributed by atoms with van der Waals surface area (Å²) in [5, 5.41) is 9.87. The molecule has 1 aliphatic carbocycles. The Hall–Kier alpha value is -1.33. The molecule has 2 nitrogen and oxygen atoms in total. The summed E-state index contributed by atoms with van der Waals surface area (Å²) in [5.41, 5.74) is 1.38. The molecule has 5 heteroatoms. The van der Waals surface area contributed by atoms with Gasteiger partial charge in [0.05, 0.1) is 0 Å². The van der Waals surface area contributed by atoms with Crippen molar-refractivity contribution in [1.29, 1.82) is 0 Å². The Morgan fingerprint density at radius 1 is 1.24 bits per heavy atom. The lowest BCUT2D eigenvalue weighted by Crippen LogP contribution is -2.28. The van der Waals surface area contributed by atoms with Gasteiger partial charge in [0, 0.05) is 0 Å². The van der Waals surface area contributed by atoms with Crippen molar-refractivity contribution in [3.8, 4) is 0 Å². The van der Waals surface area contributed by atoms with E-state index in [4.69, 9.17) is 0 Å². The van der Waals surface area contributed by atoms with Crippen LogP contribution in [0.25, 0.3) is 6.08 Å². The van der Waals surface area contributed by atoms with E-state index in [2.05, 4.69) is 4.74 Å². The van der Waals surface area contributed by atoms with Gasteiger partial charge in [-0.05, 0) is 11.1 Å². The Balaban J connectivity index is 2.10. The monoisotopic (exact) mass is 244 g/mol. The summed E-state index contributed by atoms with van der Waals surface area (Å²) in [6, 6.07) is 6.98. The van der Waals surface area contributed by atoms with Crippen LogP contribution in [0.3, 0.4) is 0 Å². The van der Waals surface area contributed by atoms with Gasteiger partial charge in [0.25, 0.3) is 0 Å². The van der Waals surface area contributed by atoms with Crippen molar-refractivity contribution in [2.45, 2.75) is 18.4 Å². The van der Waals surface area contributed by atoms with Crippen LogP contribution in [0.15, 0.2) is 30.3 Å². The molecule has 2 atom stereocenters. The summed E-state index contributed by atoms with van der Waals surface area (Å²) in [7, 11) is 0. The van der Waals surface area contributed by atoms with Crippen LogP contribution in [-0.2, 0) is 4.74 Å². The second-order valence-corrected chi connectivity index (χ2v) is 3.82. The number of aliphatic hydroxyl groups excluding tert-OH is 1. The molecule has 0 aliphatic heterocycles. The normalized spacial score (nSPS) is 23.5. The lowest BCUT2D eigenvalue weighted by atomic mass is 9.93. The number of hydrogen-bond donors (Lipinski definition) is 1. The lowest BCUT2D eigenvalue weighted by Gasteiger charge is -2.26. The van der Waals surface area contributed by atoms with Crippen LogP contribution in [0, 0.1) is 0 Å². The Kier molecular flexibility index (Phi) is 3.22.